The predicted octanol–water partition coefficient (Wildman–Crippen LogP) is 1.06. The number of halogens is 1. The number of hydrogen-bond donors (Lipinski definition) is 2. The van der Waals surface area contributed by atoms with Gasteiger partial charge in [0.2, 0.25) is 5.91 Å². The number of nitrogens with zero attached hydrogens (tertiary/aromatic N) is 1. The highest BCUT2D eigenvalue weighted by Gasteiger charge is 2.39. The van der Waals surface area contributed by atoms with Gasteiger partial charge in [0.1, 0.15) is 0 Å². The third kappa shape index (κ3) is 3.54. The number of rotatable bonds is 4. The monoisotopic (exact) mass is 309 g/mol. The van der Waals surface area contributed by atoms with Crippen molar-refractivity contribution in [2.75, 3.05) is 6.54 Å². The van der Waals surface area contributed by atoms with Crippen LogP contribution in [0.2, 0.25) is 0 Å². The summed E-state index contributed by atoms with van der Waals surface area (Å²) in [4.78, 5) is 25.9. The van der Waals surface area contributed by atoms with Crippen molar-refractivity contribution in [1.82, 2.24) is 10.2 Å². The molecule has 1 saturated heterocycles. The molecular weight excluding hydrogens is 290 g/mol. The Balaban J connectivity index is 0.00000161. The summed E-state index contributed by atoms with van der Waals surface area (Å²) in [6.07, 6.45) is 2.63. The largest absolute Gasteiger partial charge is 0.347 e. The zero-order valence-corrected chi connectivity index (χ0v) is 12.6. The van der Waals surface area contributed by atoms with Crippen LogP contribution in [0.4, 0.5) is 0 Å². The first-order valence-electron chi connectivity index (χ1n) is 7.06. The van der Waals surface area contributed by atoms with E-state index >= 15 is 0 Å². The summed E-state index contributed by atoms with van der Waals surface area (Å²) >= 11 is 0. The molecule has 2 aliphatic rings. The van der Waals surface area contributed by atoms with Crippen LogP contribution in [0.1, 0.15) is 35.2 Å². The minimum atomic E-state index is -0.121. The van der Waals surface area contributed by atoms with Gasteiger partial charge < -0.3 is 16.0 Å². The van der Waals surface area contributed by atoms with Crippen LogP contribution < -0.4 is 11.1 Å². The van der Waals surface area contributed by atoms with E-state index in [9.17, 15) is 9.59 Å². The molecule has 1 aromatic carbocycles. The van der Waals surface area contributed by atoms with Crippen molar-refractivity contribution in [3.8, 4) is 0 Å². The van der Waals surface area contributed by atoms with E-state index in [1.54, 1.807) is 12.1 Å². The van der Waals surface area contributed by atoms with Crippen LogP contribution in [0.15, 0.2) is 24.3 Å². The summed E-state index contributed by atoms with van der Waals surface area (Å²) in [5.41, 5.74) is 7.14. The summed E-state index contributed by atoms with van der Waals surface area (Å²) in [6.45, 7) is 1.12. The molecule has 1 atom stereocenters. The molecule has 0 radical (unpaired) electrons. The number of amides is 2. The van der Waals surface area contributed by atoms with E-state index < -0.39 is 0 Å². The summed E-state index contributed by atoms with van der Waals surface area (Å²) in [5, 5.41) is 2.94. The molecule has 0 spiro atoms. The highest BCUT2D eigenvalue weighted by molar-refractivity contribution is 5.95. The topological polar surface area (TPSA) is 75.4 Å². The minimum absolute atomic E-state index is 0. The van der Waals surface area contributed by atoms with Gasteiger partial charge in [0.05, 0.1) is 6.04 Å². The summed E-state index contributed by atoms with van der Waals surface area (Å²) in [7, 11) is 0. The molecule has 1 unspecified atom stereocenters. The van der Waals surface area contributed by atoms with Gasteiger partial charge >= 0.3 is 0 Å². The van der Waals surface area contributed by atoms with Gasteiger partial charge in [0, 0.05) is 31.1 Å². The van der Waals surface area contributed by atoms with Gasteiger partial charge in [-0.15, -0.1) is 12.4 Å². The highest BCUT2D eigenvalue weighted by atomic mass is 35.5. The molecule has 3 N–H and O–H groups in total. The average molecular weight is 310 g/mol. The van der Waals surface area contributed by atoms with Crippen molar-refractivity contribution in [1.29, 1.82) is 0 Å². The van der Waals surface area contributed by atoms with E-state index in [-0.39, 0.29) is 30.3 Å². The van der Waals surface area contributed by atoms with E-state index in [2.05, 4.69) is 5.32 Å². The molecule has 114 valence electrons. The maximum absolute atomic E-state index is 12.1. The standard InChI is InChI=1S/C15H19N3O2.ClH/c16-8-10-1-3-11(4-2-10)15(20)17-12-7-14(19)18(9-12)13-5-6-13;/h1-4,12-13H,5-9,16H2,(H,17,20);1H. The zero-order valence-electron chi connectivity index (χ0n) is 11.7. The van der Waals surface area contributed by atoms with Crippen LogP contribution in [0, 0.1) is 0 Å². The lowest BCUT2D eigenvalue weighted by Gasteiger charge is -2.16. The Kier molecular flexibility index (Phi) is 4.85. The fourth-order valence-electron chi connectivity index (χ4n) is 2.63. The van der Waals surface area contributed by atoms with E-state index in [1.165, 1.54) is 0 Å². The molecule has 0 bridgehead atoms. The first-order chi connectivity index (χ1) is 9.67. The first kappa shape index (κ1) is 15.8. The van der Waals surface area contributed by atoms with Gasteiger partial charge in [-0.2, -0.15) is 0 Å². The molecule has 3 rings (SSSR count). The predicted molar refractivity (Wildman–Crippen MR) is 82.2 cm³/mol. The number of nitrogens with one attached hydrogen (secondary N) is 1. The Morgan fingerprint density at radius 2 is 1.95 bits per heavy atom. The highest BCUT2D eigenvalue weighted by Crippen LogP contribution is 2.30. The Hall–Kier alpha value is -1.59. The fraction of sp³-hybridized carbons (Fsp3) is 0.467. The third-order valence-corrected chi connectivity index (χ3v) is 3.93. The van der Waals surface area contributed by atoms with Crippen LogP contribution in [0.25, 0.3) is 0 Å². The van der Waals surface area contributed by atoms with E-state index in [4.69, 9.17) is 5.73 Å². The minimum Gasteiger partial charge on any atom is -0.347 e. The van der Waals surface area contributed by atoms with Gasteiger partial charge in [0.15, 0.2) is 0 Å². The van der Waals surface area contributed by atoms with Crippen LogP contribution >= 0.6 is 12.4 Å². The maximum atomic E-state index is 12.1. The average Bonchev–Trinajstić information content (AvgIpc) is 3.23. The van der Waals surface area contributed by atoms with Crippen molar-refractivity contribution >= 4 is 24.2 Å². The van der Waals surface area contributed by atoms with Crippen LogP contribution in [0.5, 0.6) is 0 Å². The number of carbonyl (C=O) groups is 2. The number of nitrogens with two attached hydrogens (primary N) is 1. The van der Waals surface area contributed by atoms with Crippen LogP contribution in [-0.4, -0.2) is 35.3 Å². The fourth-order valence-corrected chi connectivity index (χ4v) is 2.63. The Bertz CT molecular complexity index is 528. The van der Waals surface area contributed by atoms with E-state index in [0.29, 0.717) is 31.1 Å². The van der Waals surface area contributed by atoms with E-state index in [1.807, 2.05) is 17.0 Å². The molecule has 0 aromatic heterocycles. The van der Waals surface area contributed by atoms with Gasteiger partial charge in [-0.25, -0.2) is 0 Å². The zero-order chi connectivity index (χ0) is 14.1. The van der Waals surface area contributed by atoms with E-state index in [0.717, 1.165) is 18.4 Å². The smallest absolute Gasteiger partial charge is 0.251 e. The van der Waals surface area contributed by atoms with Crippen molar-refractivity contribution in [2.24, 2.45) is 5.73 Å². The van der Waals surface area contributed by atoms with Gasteiger partial charge in [0.25, 0.3) is 5.91 Å². The summed E-state index contributed by atoms with van der Waals surface area (Å²) in [6, 6.07) is 7.61. The van der Waals surface area contributed by atoms with Crippen molar-refractivity contribution < 1.29 is 9.59 Å². The lowest BCUT2D eigenvalue weighted by Crippen LogP contribution is -2.37. The normalized spacial score (nSPS) is 21.1. The molecule has 1 saturated carbocycles. The lowest BCUT2D eigenvalue weighted by atomic mass is 10.1. The summed E-state index contributed by atoms with van der Waals surface area (Å²) < 4.78 is 0. The second-order valence-corrected chi connectivity index (χ2v) is 5.55. The van der Waals surface area contributed by atoms with Gasteiger partial charge in [-0.3, -0.25) is 9.59 Å². The molecular formula is C15H20ClN3O2. The number of likely N-dealkylation sites (tertiary alicyclic amines) is 1. The molecule has 1 aliphatic heterocycles. The quantitative estimate of drug-likeness (QED) is 0.873. The van der Waals surface area contributed by atoms with Gasteiger partial charge in [-0.05, 0) is 30.5 Å². The lowest BCUT2D eigenvalue weighted by molar-refractivity contribution is -0.128. The Labute approximate surface area is 130 Å². The van der Waals surface area contributed by atoms with Crippen molar-refractivity contribution in [3.05, 3.63) is 35.4 Å². The Morgan fingerprint density at radius 3 is 2.52 bits per heavy atom. The maximum Gasteiger partial charge on any atom is 0.251 e. The summed E-state index contributed by atoms with van der Waals surface area (Å²) in [5.74, 6) is 0.0419. The number of hydrogen-bond acceptors (Lipinski definition) is 3. The van der Waals surface area contributed by atoms with Crippen LogP contribution in [0.3, 0.4) is 0 Å². The second-order valence-electron chi connectivity index (χ2n) is 5.55. The molecule has 1 aromatic rings. The Morgan fingerprint density at radius 1 is 1.29 bits per heavy atom. The molecule has 2 amide bonds. The molecule has 21 heavy (non-hydrogen) atoms. The molecule has 1 aliphatic carbocycles. The molecule has 5 nitrogen and oxygen atoms in total. The molecule has 2 fully saturated rings. The SMILES string of the molecule is Cl.NCc1ccc(C(=O)NC2CC(=O)N(C3CC3)C2)cc1. The third-order valence-electron chi connectivity index (χ3n) is 3.93. The number of carbonyl (C=O) groups excluding carboxylic acids is 2. The van der Waals surface area contributed by atoms with Gasteiger partial charge in [-0.1, -0.05) is 12.1 Å². The van der Waals surface area contributed by atoms with Crippen molar-refractivity contribution in [2.45, 2.75) is 37.9 Å². The first-order valence-corrected chi connectivity index (χ1v) is 7.06. The van der Waals surface area contributed by atoms with Crippen LogP contribution in [-0.2, 0) is 11.3 Å². The molecule has 6 heteroatoms. The number of benzene rings is 1. The molecule has 1 heterocycles. The second kappa shape index (κ2) is 6.45. The van der Waals surface area contributed by atoms with Crippen molar-refractivity contribution in [3.63, 3.8) is 0 Å².